The normalized spacial score (nSPS) is 4.29. The van der Waals surface area contributed by atoms with E-state index in [0.29, 0.717) is 0 Å². The molecule has 0 saturated heterocycles. The third-order valence-corrected chi connectivity index (χ3v) is 0.707. The molecule has 0 N–H and O–H groups in total. The Morgan fingerprint density at radius 1 is 0.500 bits per heavy atom. The van der Waals surface area contributed by atoms with Crippen LogP contribution in [0.3, 0.4) is 0 Å². The van der Waals surface area contributed by atoms with E-state index in [1.807, 2.05) is 0 Å². The number of hydrogen-bond acceptors (Lipinski definition) is 0. The molecule has 0 radical (unpaired) electrons. The molecule has 0 aliphatic heterocycles. The van der Waals surface area contributed by atoms with E-state index in [9.17, 15) is 0 Å². The lowest BCUT2D eigenvalue weighted by Gasteiger charge is -1.79. The van der Waals surface area contributed by atoms with Gasteiger partial charge in [-0.05, 0) is 0 Å². The Balaban J connectivity index is -0.00000000626. The quantitative estimate of drug-likeness (QED) is 0.446. The highest BCUT2D eigenvalue weighted by Gasteiger charge is 1.68. The van der Waals surface area contributed by atoms with Gasteiger partial charge in [0.1, 0.15) is 0 Å². The Labute approximate surface area is 98.5 Å². The van der Waals surface area contributed by atoms with E-state index in [0.717, 1.165) is 0 Å². The molecule has 14 heavy (non-hydrogen) atoms. The first-order chi connectivity index (χ1) is 3.83. The Morgan fingerprint density at radius 3 is 0.643 bits per heavy atom. The predicted molar refractivity (Wildman–Crippen MR) is 81.6 cm³/mol. The summed E-state index contributed by atoms with van der Waals surface area (Å²) in [7, 11) is 0. The standard InChI is InChI=1S/C5H12.C3H8.6CH4/c1-3-5-4-2;1-3-2;;;;;;/h3-5H2,1-2H3;3H2,1-2H3;6*1H4. The van der Waals surface area contributed by atoms with E-state index >= 15 is 0 Å². The molecule has 0 aromatic rings. The Kier molecular flexibility index (Phi) is 549. The first-order valence-electron chi connectivity index (χ1n) is 3.83. The largest absolute Gasteiger partial charge is 0.0776 e. The molecule has 0 nitrogen and oxygen atoms in total. The van der Waals surface area contributed by atoms with Crippen LogP contribution in [0.5, 0.6) is 0 Å². The topological polar surface area (TPSA) is 0 Å². The van der Waals surface area contributed by atoms with Crippen LogP contribution in [0.15, 0.2) is 0 Å². The van der Waals surface area contributed by atoms with Gasteiger partial charge in [0.05, 0.1) is 0 Å². The first-order valence-corrected chi connectivity index (χ1v) is 3.83. The molecule has 100 valence electrons. The van der Waals surface area contributed by atoms with E-state index in [4.69, 9.17) is 0 Å². The molecule has 0 heterocycles. The Bertz CT molecular complexity index is 14.0. The second kappa shape index (κ2) is 117. The molecule has 0 aliphatic carbocycles. The lowest BCUT2D eigenvalue weighted by molar-refractivity contribution is 0.772. The zero-order valence-corrected chi connectivity index (χ0v) is 6.83. The molecule has 0 aromatic carbocycles. The molecule has 0 rings (SSSR count). The van der Waals surface area contributed by atoms with Crippen molar-refractivity contribution in [2.75, 3.05) is 0 Å². The molecule has 0 atom stereocenters. The molecule has 0 aromatic heterocycles. The van der Waals surface area contributed by atoms with Crippen molar-refractivity contribution in [3.05, 3.63) is 0 Å². The van der Waals surface area contributed by atoms with Crippen LogP contribution < -0.4 is 0 Å². The zero-order chi connectivity index (χ0) is 6.83. The lowest BCUT2D eigenvalue weighted by atomic mass is 10.3. The number of hydrogen-bond donors (Lipinski definition) is 0. The number of rotatable bonds is 2. The van der Waals surface area contributed by atoms with Crippen LogP contribution in [0.4, 0.5) is 0 Å². The van der Waals surface area contributed by atoms with Crippen LogP contribution in [0.25, 0.3) is 0 Å². The molecular formula is C14H44. The molecule has 0 bridgehead atoms. The molecule has 0 heteroatoms. The van der Waals surface area contributed by atoms with Crippen LogP contribution in [-0.2, 0) is 0 Å². The highest BCUT2D eigenvalue weighted by atomic mass is 13.7. The van der Waals surface area contributed by atoms with Gasteiger partial charge in [0.25, 0.3) is 0 Å². The van der Waals surface area contributed by atoms with Gasteiger partial charge in [0.15, 0.2) is 0 Å². The van der Waals surface area contributed by atoms with Gasteiger partial charge in [0.2, 0.25) is 0 Å². The van der Waals surface area contributed by atoms with Gasteiger partial charge in [0, 0.05) is 0 Å². The summed E-state index contributed by atoms with van der Waals surface area (Å²) in [4.78, 5) is 0. The second-order valence-corrected chi connectivity index (χ2v) is 2.06. The van der Waals surface area contributed by atoms with Crippen LogP contribution in [-0.4, -0.2) is 0 Å². The molecule has 0 unspecified atom stereocenters. The summed E-state index contributed by atoms with van der Waals surface area (Å²) < 4.78 is 0. The van der Waals surface area contributed by atoms with E-state index in [2.05, 4.69) is 27.7 Å². The summed E-state index contributed by atoms with van der Waals surface area (Å²) in [6, 6.07) is 0. The molecule has 0 aliphatic rings. The fourth-order valence-electron chi connectivity index (χ4n) is 0.354. The molecule has 0 amide bonds. The van der Waals surface area contributed by atoms with Crippen molar-refractivity contribution in [2.45, 2.75) is 97.9 Å². The Hall–Kier alpha value is 0. The van der Waals surface area contributed by atoms with Crippen LogP contribution >= 0.6 is 0 Å². The van der Waals surface area contributed by atoms with E-state index in [1.54, 1.807) is 0 Å². The van der Waals surface area contributed by atoms with Gasteiger partial charge < -0.3 is 0 Å². The molecule has 0 fully saturated rings. The highest BCUT2D eigenvalue weighted by Crippen LogP contribution is 1.88. The maximum absolute atomic E-state index is 2.21. The van der Waals surface area contributed by atoms with Gasteiger partial charge in [-0.3, -0.25) is 0 Å². The van der Waals surface area contributed by atoms with E-state index in [1.165, 1.54) is 25.7 Å². The van der Waals surface area contributed by atoms with Crippen LogP contribution in [0.2, 0.25) is 0 Å². The smallest absolute Gasteiger partial charge is 0.0538 e. The van der Waals surface area contributed by atoms with Gasteiger partial charge in [-0.1, -0.05) is 97.9 Å². The van der Waals surface area contributed by atoms with Crippen molar-refractivity contribution in [1.82, 2.24) is 0 Å². The van der Waals surface area contributed by atoms with E-state index in [-0.39, 0.29) is 44.6 Å². The minimum absolute atomic E-state index is 0. The molecule has 0 saturated carbocycles. The predicted octanol–water partition coefficient (Wildman–Crippen LogP) is 7.43. The second-order valence-electron chi connectivity index (χ2n) is 2.06. The van der Waals surface area contributed by atoms with E-state index < -0.39 is 0 Å². The van der Waals surface area contributed by atoms with Crippen LogP contribution in [0.1, 0.15) is 97.9 Å². The van der Waals surface area contributed by atoms with Crippen molar-refractivity contribution >= 4 is 0 Å². The highest BCUT2D eigenvalue weighted by molar-refractivity contribution is 4.24. The fraction of sp³-hybridized carbons (Fsp3) is 1.00. The summed E-state index contributed by atoms with van der Waals surface area (Å²) >= 11 is 0. The maximum Gasteiger partial charge on any atom is -0.0538 e. The monoisotopic (exact) mass is 212 g/mol. The van der Waals surface area contributed by atoms with Gasteiger partial charge in [-0.15, -0.1) is 0 Å². The van der Waals surface area contributed by atoms with Crippen molar-refractivity contribution < 1.29 is 0 Å². The van der Waals surface area contributed by atoms with Crippen molar-refractivity contribution in [3.63, 3.8) is 0 Å². The zero-order valence-electron chi connectivity index (χ0n) is 6.83. The minimum Gasteiger partial charge on any atom is -0.0776 e. The SMILES string of the molecule is C.C.C.C.C.C.CCC.CCCCC. The minimum atomic E-state index is 0. The summed E-state index contributed by atoms with van der Waals surface area (Å²) in [6.45, 7) is 8.67. The summed E-state index contributed by atoms with van der Waals surface area (Å²) in [5.74, 6) is 0. The first kappa shape index (κ1) is 65.7. The van der Waals surface area contributed by atoms with Gasteiger partial charge >= 0.3 is 0 Å². The average molecular weight is 213 g/mol. The van der Waals surface area contributed by atoms with Gasteiger partial charge in [-0.2, -0.15) is 0 Å². The van der Waals surface area contributed by atoms with Crippen molar-refractivity contribution in [1.29, 1.82) is 0 Å². The third-order valence-electron chi connectivity index (χ3n) is 0.707. The maximum atomic E-state index is 2.21. The molecule has 0 spiro atoms. The average Bonchev–Trinajstić information content (AvgIpc) is 1.71. The lowest BCUT2D eigenvalue weighted by Crippen LogP contribution is -1.59. The van der Waals surface area contributed by atoms with Gasteiger partial charge in [-0.25, -0.2) is 0 Å². The van der Waals surface area contributed by atoms with Crippen molar-refractivity contribution in [3.8, 4) is 0 Å². The third kappa shape index (κ3) is 363. The summed E-state index contributed by atoms with van der Waals surface area (Å²) in [6.07, 6.45) is 5.33. The Morgan fingerprint density at radius 2 is 0.643 bits per heavy atom. The van der Waals surface area contributed by atoms with Crippen LogP contribution in [0, 0.1) is 0 Å². The number of unbranched alkanes of at least 4 members (excludes halogenated alkanes) is 2. The fourth-order valence-corrected chi connectivity index (χ4v) is 0.354. The summed E-state index contributed by atoms with van der Waals surface area (Å²) in [5, 5.41) is 0. The summed E-state index contributed by atoms with van der Waals surface area (Å²) in [5.41, 5.74) is 0. The van der Waals surface area contributed by atoms with Crippen molar-refractivity contribution in [2.24, 2.45) is 0 Å². The molecular weight excluding hydrogens is 168 g/mol.